The third-order valence-electron chi connectivity index (χ3n) is 11.2. The highest BCUT2D eigenvalue weighted by Crippen LogP contribution is 2.66. The molecule has 0 aromatic carbocycles. The van der Waals surface area contributed by atoms with E-state index in [1.54, 1.807) is 0 Å². The van der Waals surface area contributed by atoms with Gasteiger partial charge in [-0.25, -0.2) is 0 Å². The first-order valence-electron chi connectivity index (χ1n) is 14.1. The Morgan fingerprint density at radius 1 is 0.970 bits per heavy atom. The smallest absolute Gasteiger partial charge is 0.307 e. The van der Waals surface area contributed by atoms with Crippen molar-refractivity contribution in [2.75, 3.05) is 19.6 Å². The van der Waals surface area contributed by atoms with Crippen molar-refractivity contribution < 1.29 is 14.3 Å². The highest BCUT2D eigenvalue weighted by Gasteiger charge is 2.61. The fraction of sp³-hybridized carbons (Fsp3) is 0.931. The zero-order valence-electron chi connectivity index (χ0n) is 21.6. The first-order chi connectivity index (χ1) is 15.7. The number of esters is 1. The summed E-state index contributed by atoms with van der Waals surface area (Å²) in [6.07, 6.45) is 11.9. The Labute approximate surface area is 201 Å². The highest BCUT2D eigenvalue weighted by atomic mass is 16.5. The average molecular weight is 458 g/mol. The van der Waals surface area contributed by atoms with Crippen molar-refractivity contribution in [2.24, 2.45) is 46.3 Å². The third kappa shape index (κ3) is 4.32. The van der Waals surface area contributed by atoms with Crippen LogP contribution in [0.1, 0.15) is 98.3 Å². The van der Waals surface area contributed by atoms with Crippen LogP contribution < -0.4 is 0 Å². The Balaban J connectivity index is 1.19. The summed E-state index contributed by atoms with van der Waals surface area (Å²) in [7, 11) is 0. The molecule has 1 aliphatic heterocycles. The molecule has 0 spiro atoms. The zero-order chi connectivity index (χ0) is 23.4. The molecule has 4 saturated carbocycles. The van der Waals surface area contributed by atoms with E-state index in [-0.39, 0.29) is 17.5 Å². The molecule has 1 saturated heterocycles. The number of nitrogens with zero attached hydrogens (tertiary/aromatic N) is 1. The maximum Gasteiger partial charge on any atom is 0.307 e. The number of ketones is 1. The Morgan fingerprint density at radius 3 is 2.45 bits per heavy atom. The molecule has 0 N–H and O–H groups in total. The molecule has 0 aromatic heterocycles. The lowest BCUT2D eigenvalue weighted by molar-refractivity contribution is -0.164. The number of ether oxygens (including phenoxy) is 1. The van der Waals surface area contributed by atoms with Crippen LogP contribution in [0, 0.1) is 46.3 Å². The maximum absolute atomic E-state index is 12.9. The number of rotatable bonds is 4. The van der Waals surface area contributed by atoms with E-state index >= 15 is 0 Å². The van der Waals surface area contributed by atoms with E-state index in [1.165, 1.54) is 38.5 Å². The molecule has 5 aliphatic rings. The van der Waals surface area contributed by atoms with Gasteiger partial charge in [0.05, 0.1) is 6.42 Å². The minimum absolute atomic E-state index is 0.0244. The third-order valence-corrected chi connectivity index (χ3v) is 11.2. The number of Topliss-reactive ketones (excluding diaryl/α,β-unsaturated/α-hetero) is 1. The molecule has 1 heterocycles. The van der Waals surface area contributed by atoms with Gasteiger partial charge in [-0.1, -0.05) is 27.7 Å². The minimum Gasteiger partial charge on any atom is -0.462 e. The molecule has 186 valence electrons. The monoisotopic (exact) mass is 457 g/mol. The predicted molar refractivity (Wildman–Crippen MR) is 131 cm³/mol. The molecular weight excluding hydrogens is 410 g/mol. The van der Waals surface area contributed by atoms with Crippen molar-refractivity contribution in [3.05, 3.63) is 0 Å². The Morgan fingerprint density at radius 2 is 1.70 bits per heavy atom. The summed E-state index contributed by atoms with van der Waals surface area (Å²) < 4.78 is 6.24. The molecule has 9 atom stereocenters. The van der Waals surface area contributed by atoms with Crippen molar-refractivity contribution in [2.45, 2.75) is 104 Å². The number of hydrogen-bond donors (Lipinski definition) is 0. The molecule has 4 nitrogen and oxygen atoms in total. The van der Waals surface area contributed by atoms with Crippen molar-refractivity contribution in [1.82, 2.24) is 4.90 Å². The standard InChI is InChI=1S/C29H47NO3/c1-19-15-20(2)18-30(17-19)14-11-27(32)33-26-8-7-24-23-6-5-21-16-22(31)9-12-28(21,3)25(23)10-13-29(24,26)4/h19-21,23-26H,5-18H2,1-4H3/t19-,20-,21+,23+,24+,25+,26+,28+,29+/m1/s1. The highest BCUT2D eigenvalue weighted by molar-refractivity contribution is 5.79. The lowest BCUT2D eigenvalue weighted by Gasteiger charge is -2.60. The molecular formula is C29H47NO3. The van der Waals surface area contributed by atoms with Gasteiger partial charge in [0.15, 0.2) is 0 Å². The van der Waals surface area contributed by atoms with Gasteiger partial charge in [-0.15, -0.1) is 0 Å². The quantitative estimate of drug-likeness (QED) is 0.495. The molecule has 4 heteroatoms. The van der Waals surface area contributed by atoms with Crippen LogP contribution >= 0.6 is 0 Å². The Kier molecular flexibility index (Phi) is 6.46. The fourth-order valence-corrected chi connectivity index (χ4v) is 9.63. The topological polar surface area (TPSA) is 46.6 Å². The molecule has 5 rings (SSSR count). The molecule has 33 heavy (non-hydrogen) atoms. The first-order valence-corrected chi connectivity index (χ1v) is 14.1. The summed E-state index contributed by atoms with van der Waals surface area (Å²) in [5.41, 5.74) is 0.508. The fourth-order valence-electron chi connectivity index (χ4n) is 9.63. The van der Waals surface area contributed by atoms with Crippen molar-refractivity contribution in [1.29, 1.82) is 0 Å². The molecule has 5 fully saturated rings. The summed E-state index contributed by atoms with van der Waals surface area (Å²) in [5, 5.41) is 0. The summed E-state index contributed by atoms with van der Waals surface area (Å²) in [4.78, 5) is 27.5. The number of piperidine rings is 1. The zero-order valence-corrected chi connectivity index (χ0v) is 21.6. The molecule has 0 amide bonds. The lowest BCUT2D eigenvalue weighted by Crippen LogP contribution is -2.54. The van der Waals surface area contributed by atoms with E-state index in [0.717, 1.165) is 69.0 Å². The van der Waals surface area contributed by atoms with Crippen LogP contribution in [0.2, 0.25) is 0 Å². The van der Waals surface area contributed by atoms with Crippen LogP contribution in [0.3, 0.4) is 0 Å². The number of carbonyl (C=O) groups is 2. The molecule has 4 aliphatic carbocycles. The Bertz CT molecular complexity index is 756. The SMILES string of the molecule is C[C@@H]1C[C@@H](C)CN(CCC(=O)O[C@H]2CC[C@H]3[C@@H]4CC[C@H]5CC(=O)CC[C@]5(C)[C@H]4CC[C@]23C)C1. The van der Waals surface area contributed by atoms with Gasteiger partial charge in [-0.05, 0) is 92.3 Å². The van der Waals surface area contributed by atoms with E-state index in [4.69, 9.17) is 4.74 Å². The number of likely N-dealkylation sites (tertiary alicyclic amines) is 1. The largest absolute Gasteiger partial charge is 0.462 e. The minimum atomic E-state index is 0.0244. The summed E-state index contributed by atoms with van der Waals surface area (Å²) >= 11 is 0. The Hall–Kier alpha value is -0.900. The summed E-state index contributed by atoms with van der Waals surface area (Å²) in [6, 6.07) is 0. The molecule has 0 bridgehead atoms. The van der Waals surface area contributed by atoms with Gasteiger partial charge in [0.2, 0.25) is 0 Å². The number of carbonyl (C=O) groups excluding carboxylic acids is 2. The second-order valence-electron chi connectivity index (χ2n) is 13.5. The van der Waals surface area contributed by atoms with E-state index < -0.39 is 0 Å². The van der Waals surface area contributed by atoms with Crippen LogP contribution in [-0.2, 0) is 14.3 Å². The molecule has 0 aromatic rings. The molecule has 0 radical (unpaired) electrons. The van der Waals surface area contributed by atoms with Crippen LogP contribution in [0.25, 0.3) is 0 Å². The van der Waals surface area contributed by atoms with Crippen molar-refractivity contribution in [3.8, 4) is 0 Å². The second kappa shape index (κ2) is 8.95. The van der Waals surface area contributed by atoms with E-state index in [1.807, 2.05) is 0 Å². The van der Waals surface area contributed by atoms with Crippen LogP contribution in [-0.4, -0.2) is 42.4 Å². The first kappa shape index (κ1) is 23.8. The van der Waals surface area contributed by atoms with Crippen LogP contribution in [0.5, 0.6) is 0 Å². The van der Waals surface area contributed by atoms with E-state index in [2.05, 4.69) is 32.6 Å². The summed E-state index contributed by atoms with van der Waals surface area (Å²) in [6.45, 7) is 12.7. The lowest BCUT2D eigenvalue weighted by atomic mass is 9.45. The van der Waals surface area contributed by atoms with Gasteiger partial charge in [0.1, 0.15) is 11.9 Å². The van der Waals surface area contributed by atoms with E-state index in [0.29, 0.717) is 29.5 Å². The van der Waals surface area contributed by atoms with Crippen molar-refractivity contribution >= 4 is 11.8 Å². The van der Waals surface area contributed by atoms with Gasteiger partial charge in [0, 0.05) is 37.9 Å². The van der Waals surface area contributed by atoms with Crippen LogP contribution in [0.15, 0.2) is 0 Å². The molecule has 0 unspecified atom stereocenters. The van der Waals surface area contributed by atoms with Crippen LogP contribution in [0.4, 0.5) is 0 Å². The number of hydrogen-bond acceptors (Lipinski definition) is 4. The maximum atomic E-state index is 12.9. The second-order valence-corrected chi connectivity index (χ2v) is 13.5. The van der Waals surface area contributed by atoms with Gasteiger partial charge < -0.3 is 9.64 Å². The van der Waals surface area contributed by atoms with E-state index in [9.17, 15) is 9.59 Å². The van der Waals surface area contributed by atoms with Crippen molar-refractivity contribution in [3.63, 3.8) is 0 Å². The normalized spacial score (nSPS) is 48.0. The average Bonchev–Trinajstić information content (AvgIpc) is 3.08. The van der Waals surface area contributed by atoms with Gasteiger partial charge >= 0.3 is 5.97 Å². The van der Waals surface area contributed by atoms with Gasteiger partial charge in [0.25, 0.3) is 0 Å². The summed E-state index contributed by atoms with van der Waals surface area (Å²) in [5.74, 6) is 4.81. The predicted octanol–water partition coefficient (Wildman–Crippen LogP) is 5.88. The number of fused-ring (bicyclic) bond motifs is 5. The van der Waals surface area contributed by atoms with Gasteiger partial charge in [-0.3, -0.25) is 9.59 Å². The van der Waals surface area contributed by atoms with Gasteiger partial charge in [-0.2, -0.15) is 0 Å².